The van der Waals surface area contributed by atoms with E-state index < -0.39 is 6.67 Å². The smallest absolute Gasteiger partial charge is 0.131 e. The Bertz CT molecular complexity index is 190. The summed E-state index contributed by atoms with van der Waals surface area (Å²) in [5.41, 5.74) is 0.546. The molecule has 1 radical (unpaired) electrons. The molecular formula is C7H8FN2. The molecule has 1 rings (SSSR count). The summed E-state index contributed by atoms with van der Waals surface area (Å²) in [6.07, 6.45) is 1.50. The molecule has 0 aliphatic carbocycles. The summed E-state index contributed by atoms with van der Waals surface area (Å²) in [7, 11) is 1.71. The van der Waals surface area contributed by atoms with Crippen molar-refractivity contribution in [2.75, 3.05) is 12.4 Å². The zero-order valence-corrected chi connectivity index (χ0v) is 5.69. The van der Waals surface area contributed by atoms with Crippen LogP contribution in [0.2, 0.25) is 0 Å². The van der Waals surface area contributed by atoms with Gasteiger partial charge in [-0.2, -0.15) is 0 Å². The molecule has 0 aliphatic heterocycles. The van der Waals surface area contributed by atoms with Gasteiger partial charge in [-0.05, 0) is 6.07 Å². The molecule has 53 valence electrons. The second-order valence-corrected chi connectivity index (χ2v) is 1.83. The van der Waals surface area contributed by atoms with E-state index in [-0.39, 0.29) is 0 Å². The van der Waals surface area contributed by atoms with Gasteiger partial charge in [0.25, 0.3) is 0 Å². The minimum Gasteiger partial charge on any atom is -0.373 e. The van der Waals surface area contributed by atoms with Crippen molar-refractivity contribution in [3.63, 3.8) is 0 Å². The fourth-order valence-electron chi connectivity index (χ4n) is 0.718. The lowest BCUT2D eigenvalue weighted by molar-refractivity contribution is 0.485. The van der Waals surface area contributed by atoms with E-state index in [0.717, 1.165) is 0 Å². The number of alkyl halides is 1. The van der Waals surface area contributed by atoms with Crippen molar-refractivity contribution in [3.05, 3.63) is 23.9 Å². The highest BCUT2D eigenvalue weighted by atomic mass is 19.1. The van der Waals surface area contributed by atoms with Crippen LogP contribution in [0.1, 0.15) is 5.56 Å². The Kier molecular flexibility index (Phi) is 2.20. The number of hydrogen-bond donors (Lipinski definition) is 1. The van der Waals surface area contributed by atoms with Crippen molar-refractivity contribution in [1.82, 2.24) is 4.98 Å². The summed E-state index contributed by atoms with van der Waals surface area (Å²) >= 11 is 0. The Hall–Kier alpha value is -1.12. The number of anilines is 1. The first-order chi connectivity index (χ1) is 4.88. The average Bonchev–Trinajstić information content (AvgIpc) is 2.04. The van der Waals surface area contributed by atoms with Gasteiger partial charge >= 0.3 is 0 Å². The molecule has 1 aromatic rings. The molecule has 0 saturated carbocycles. The van der Waals surface area contributed by atoms with Crippen LogP contribution in [0.4, 0.5) is 10.2 Å². The SMILES string of the molecule is CNc1nc[c]cc1CF. The number of nitrogens with one attached hydrogen (secondary N) is 1. The Labute approximate surface area is 59.1 Å². The number of aromatic nitrogens is 1. The van der Waals surface area contributed by atoms with Crippen molar-refractivity contribution in [2.24, 2.45) is 0 Å². The van der Waals surface area contributed by atoms with E-state index in [1.54, 1.807) is 13.1 Å². The summed E-state index contributed by atoms with van der Waals surface area (Å²) in [6.45, 7) is -0.499. The van der Waals surface area contributed by atoms with E-state index in [0.29, 0.717) is 11.4 Å². The molecule has 1 N–H and O–H groups in total. The quantitative estimate of drug-likeness (QED) is 0.669. The van der Waals surface area contributed by atoms with E-state index in [9.17, 15) is 4.39 Å². The van der Waals surface area contributed by atoms with E-state index in [1.165, 1.54) is 6.20 Å². The third-order valence-electron chi connectivity index (χ3n) is 1.21. The third-order valence-corrected chi connectivity index (χ3v) is 1.21. The Morgan fingerprint density at radius 1 is 1.80 bits per heavy atom. The fraction of sp³-hybridized carbons (Fsp3) is 0.286. The molecule has 0 atom stereocenters. The molecular weight excluding hydrogens is 131 g/mol. The van der Waals surface area contributed by atoms with Crippen LogP contribution in [0.5, 0.6) is 0 Å². The molecule has 0 unspecified atom stereocenters. The molecule has 3 heteroatoms. The maximum absolute atomic E-state index is 12.1. The van der Waals surface area contributed by atoms with E-state index >= 15 is 0 Å². The van der Waals surface area contributed by atoms with Crippen molar-refractivity contribution >= 4 is 5.82 Å². The summed E-state index contributed by atoms with van der Waals surface area (Å²) in [5.74, 6) is 0.584. The van der Waals surface area contributed by atoms with Crippen LogP contribution >= 0.6 is 0 Å². The molecule has 0 amide bonds. The summed E-state index contributed by atoms with van der Waals surface area (Å²) in [4.78, 5) is 3.86. The maximum atomic E-state index is 12.1. The van der Waals surface area contributed by atoms with Gasteiger partial charge in [-0.15, -0.1) is 0 Å². The highest BCUT2D eigenvalue weighted by Crippen LogP contribution is 2.10. The second-order valence-electron chi connectivity index (χ2n) is 1.83. The lowest BCUT2D eigenvalue weighted by Crippen LogP contribution is -1.95. The van der Waals surface area contributed by atoms with Crippen LogP contribution in [-0.4, -0.2) is 12.0 Å². The predicted octanol–water partition coefficient (Wildman–Crippen LogP) is 1.39. The number of nitrogens with zero attached hydrogens (tertiary/aromatic N) is 1. The highest BCUT2D eigenvalue weighted by molar-refractivity contribution is 5.41. The summed E-state index contributed by atoms with van der Waals surface area (Å²) < 4.78 is 12.1. The van der Waals surface area contributed by atoms with Crippen molar-refractivity contribution in [1.29, 1.82) is 0 Å². The molecule has 0 aliphatic rings. The van der Waals surface area contributed by atoms with Gasteiger partial charge in [0.1, 0.15) is 12.5 Å². The maximum Gasteiger partial charge on any atom is 0.131 e. The molecule has 1 aromatic heterocycles. The van der Waals surface area contributed by atoms with Gasteiger partial charge in [0.05, 0.1) is 0 Å². The fourth-order valence-corrected chi connectivity index (χ4v) is 0.718. The van der Waals surface area contributed by atoms with Gasteiger partial charge in [-0.1, -0.05) is 0 Å². The molecule has 2 nitrogen and oxygen atoms in total. The first-order valence-electron chi connectivity index (χ1n) is 2.97. The number of hydrogen-bond acceptors (Lipinski definition) is 2. The van der Waals surface area contributed by atoms with Crippen molar-refractivity contribution in [3.8, 4) is 0 Å². The standard InChI is InChI=1S/C7H8FN2/c1-9-7-6(5-8)3-2-4-10-7/h3-4H,5H2,1H3,(H,9,10). The minimum absolute atomic E-state index is 0.499. The first kappa shape index (κ1) is 6.99. The number of rotatable bonds is 2. The second kappa shape index (κ2) is 3.15. The van der Waals surface area contributed by atoms with Gasteiger partial charge in [-0.3, -0.25) is 0 Å². The molecule has 0 saturated heterocycles. The summed E-state index contributed by atoms with van der Waals surface area (Å²) in [6, 6.07) is 4.28. The largest absolute Gasteiger partial charge is 0.373 e. The lowest BCUT2D eigenvalue weighted by Gasteiger charge is -2.01. The minimum atomic E-state index is -0.499. The average molecular weight is 139 g/mol. The topological polar surface area (TPSA) is 24.9 Å². The van der Waals surface area contributed by atoms with E-state index in [1.807, 2.05) is 0 Å². The van der Waals surface area contributed by atoms with Crippen LogP contribution < -0.4 is 5.32 Å². The van der Waals surface area contributed by atoms with E-state index in [4.69, 9.17) is 0 Å². The van der Waals surface area contributed by atoms with Gasteiger partial charge < -0.3 is 5.32 Å². The predicted molar refractivity (Wildman–Crippen MR) is 37.4 cm³/mol. The normalized spacial score (nSPS) is 9.40. The molecule has 0 spiro atoms. The van der Waals surface area contributed by atoms with Crippen molar-refractivity contribution < 1.29 is 4.39 Å². The van der Waals surface area contributed by atoms with Crippen LogP contribution in [0.25, 0.3) is 0 Å². The first-order valence-corrected chi connectivity index (χ1v) is 2.97. The van der Waals surface area contributed by atoms with Crippen LogP contribution in [0.15, 0.2) is 12.3 Å². The molecule has 0 aromatic carbocycles. The molecule has 0 fully saturated rings. The van der Waals surface area contributed by atoms with Gasteiger partial charge in [0.2, 0.25) is 0 Å². The Balaban J connectivity index is 2.96. The van der Waals surface area contributed by atoms with Crippen molar-refractivity contribution in [2.45, 2.75) is 6.67 Å². The van der Waals surface area contributed by atoms with Gasteiger partial charge in [-0.25, -0.2) is 9.37 Å². The molecule has 0 bridgehead atoms. The zero-order chi connectivity index (χ0) is 7.40. The van der Waals surface area contributed by atoms with Crippen LogP contribution in [0.3, 0.4) is 0 Å². The molecule has 10 heavy (non-hydrogen) atoms. The van der Waals surface area contributed by atoms with Crippen LogP contribution in [-0.2, 0) is 6.67 Å². The summed E-state index contributed by atoms with van der Waals surface area (Å²) in [5, 5.41) is 2.78. The zero-order valence-electron chi connectivity index (χ0n) is 5.69. The number of pyridine rings is 1. The lowest BCUT2D eigenvalue weighted by atomic mass is 10.3. The monoisotopic (exact) mass is 139 g/mol. The van der Waals surface area contributed by atoms with E-state index in [2.05, 4.69) is 16.4 Å². The Morgan fingerprint density at radius 2 is 2.60 bits per heavy atom. The van der Waals surface area contributed by atoms with Gasteiger partial charge in [0.15, 0.2) is 0 Å². The third kappa shape index (κ3) is 1.23. The highest BCUT2D eigenvalue weighted by Gasteiger charge is 1.97. The van der Waals surface area contributed by atoms with Crippen LogP contribution in [0, 0.1) is 6.07 Å². The Morgan fingerprint density at radius 3 is 3.10 bits per heavy atom. The van der Waals surface area contributed by atoms with Gasteiger partial charge in [0, 0.05) is 24.9 Å². The molecule has 1 heterocycles. The number of halogens is 1.